The van der Waals surface area contributed by atoms with Crippen molar-refractivity contribution in [2.24, 2.45) is 0 Å². The third-order valence-corrected chi connectivity index (χ3v) is 2.98. The van der Waals surface area contributed by atoms with Crippen LogP contribution in [0.25, 0.3) is 10.9 Å². The predicted molar refractivity (Wildman–Crippen MR) is 74.5 cm³/mol. The van der Waals surface area contributed by atoms with Crippen molar-refractivity contribution in [1.82, 2.24) is 25.4 Å². The lowest BCUT2D eigenvalue weighted by Crippen LogP contribution is -2.14. The molecular weight excluding hydrogens is 256 g/mol. The van der Waals surface area contributed by atoms with Crippen LogP contribution in [0.4, 0.5) is 5.69 Å². The van der Waals surface area contributed by atoms with Crippen molar-refractivity contribution in [2.45, 2.75) is 19.8 Å². The van der Waals surface area contributed by atoms with Gasteiger partial charge in [0.05, 0.1) is 17.4 Å². The molecule has 0 aliphatic rings. The van der Waals surface area contributed by atoms with Crippen LogP contribution < -0.4 is 5.32 Å². The number of carbonyl (C=O) groups is 1. The van der Waals surface area contributed by atoms with E-state index in [0.29, 0.717) is 11.5 Å². The maximum atomic E-state index is 12.1. The van der Waals surface area contributed by atoms with Gasteiger partial charge in [0.25, 0.3) is 5.91 Å². The SMILES string of the molecule is CC(C)c1nc(C(=O)Nc2cccc3cn[nH]c23)n[nH]1. The summed E-state index contributed by atoms with van der Waals surface area (Å²) in [4.78, 5) is 16.3. The average molecular weight is 270 g/mol. The number of benzene rings is 1. The molecule has 2 aromatic heterocycles. The van der Waals surface area contributed by atoms with Gasteiger partial charge in [-0.3, -0.25) is 15.0 Å². The van der Waals surface area contributed by atoms with Gasteiger partial charge >= 0.3 is 0 Å². The fraction of sp³-hybridized carbons (Fsp3) is 0.231. The highest BCUT2D eigenvalue weighted by molar-refractivity contribution is 6.06. The lowest BCUT2D eigenvalue weighted by molar-refractivity contribution is 0.101. The summed E-state index contributed by atoms with van der Waals surface area (Å²) >= 11 is 0. The Bertz CT molecular complexity index is 757. The van der Waals surface area contributed by atoms with Crippen molar-refractivity contribution < 1.29 is 4.79 Å². The molecular formula is C13H14N6O. The molecule has 0 saturated heterocycles. The molecule has 102 valence electrons. The fourth-order valence-electron chi connectivity index (χ4n) is 1.89. The minimum Gasteiger partial charge on any atom is -0.317 e. The van der Waals surface area contributed by atoms with Crippen LogP contribution in [-0.2, 0) is 0 Å². The van der Waals surface area contributed by atoms with E-state index in [-0.39, 0.29) is 17.6 Å². The molecule has 1 amide bonds. The van der Waals surface area contributed by atoms with Crippen LogP contribution in [0.1, 0.15) is 36.2 Å². The Morgan fingerprint density at radius 2 is 2.15 bits per heavy atom. The molecule has 0 radical (unpaired) electrons. The highest BCUT2D eigenvalue weighted by Gasteiger charge is 2.15. The predicted octanol–water partition coefficient (Wildman–Crippen LogP) is 2.06. The molecule has 0 spiro atoms. The smallest absolute Gasteiger partial charge is 0.295 e. The largest absolute Gasteiger partial charge is 0.317 e. The molecule has 0 aliphatic heterocycles. The van der Waals surface area contributed by atoms with Crippen LogP contribution in [-0.4, -0.2) is 31.3 Å². The number of hydrogen-bond acceptors (Lipinski definition) is 4. The molecule has 0 atom stereocenters. The molecule has 3 rings (SSSR count). The van der Waals surface area contributed by atoms with Crippen LogP contribution in [0.5, 0.6) is 0 Å². The van der Waals surface area contributed by atoms with Crippen LogP contribution in [0.3, 0.4) is 0 Å². The summed E-state index contributed by atoms with van der Waals surface area (Å²) < 4.78 is 0. The van der Waals surface area contributed by atoms with Crippen LogP contribution in [0.15, 0.2) is 24.4 Å². The summed E-state index contributed by atoms with van der Waals surface area (Å²) in [6.45, 7) is 3.96. The van der Waals surface area contributed by atoms with Crippen molar-refractivity contribution in [3.63, 3.8) is 0 Å². The van der Waals surface area contributed by atoms with Crippen molar-refractivity contribution in [3.8, 4) is 0 Å². The van der Waals surface area contributed by atoms with Gasteiger partial charge in [-0.05, 0) is 6.07 Å². The minimum absolute atomic E-state index is 0.130. The number of hydrogen-bond donors (Lipinski definition) is 3. The van der Waals surface area contributed by atoms with Crippen molar-refractivity contribution in [1.29, 1.82) is 0 Å². The van der Waals surface area contributed by atoms with Gasteiger partial charge in [0.15, 0.2) is 0 Å². The lowest BCUT2D eigenvalue weighted by Gasteiger charge is -2.03. The summed E-state index contributed by atoms with van der Waals surface area (Å²) in [5.41, 5.74) is 1.43. The number of carbonyl (C=O) groups excluding carboxylic acids is 1. The maximum Gasteiger partial charge on any atom is 0.295 e. The van der Waals surface area contributed by atoms with Gasteiger partial charge in [-0.15, -0.1) is 5.10 Å². The number of amides is 1. The first-order chi connectivity index (χ1) is 9.65. The van der Waals surface area contributed by atoms with Gasteiger partial charge < -0.3 is 5.32 Å². The molecule has 0 unspecified atom stereocenters. The van der Waals surface area contributed by atoms with Gasteiger partial charge in [0.2, 0.25) is 5.82 Å². The number of anilines is 1. The fourth-order valence-corrected chi connectivity index (χ4v) is 1.89. The number of aromatic nitrogens is 5. The van der Waals surface area contributed by atoms with Gasteiger partial charge in [-0.1, -0.05) is 26.0 Å². The first-order valence-corrected chi connectivity index (χ1v) is 6.31. The molecule has 0 saturated carbocycles. The molecule has 3 N–H and O–H groups in total. The third-order valence-electron chi connectivity index (χ3n) is 2.98. The van der Waals surface area contributed by atoms with Gasteiger partial charge in [-0.25, -0.2) is 4.98 Å². The van der Waals surface area contributed by atoms with Gasteiger partial charge in [0, 0.05) is 11.3 Å². The normalized spacial score (nSPS) is 11.2. The number of nitrogens with one attached hydrogen (secondary N) is 3. The summed E-state index contributed by atoms with van der Waals surface area (Å²) in [6.07, 6.45) is 1.70. The molecule has 2 heterocycles. The Morgan fingerprint density at radius 3 is 2.90 bits per heavy atom. The van der Waals surface area contributed by atoms with Crippen LogP contribution in [0.2, 0.25) is 0 Å². The Kier molecular flexibility index (Phi) is 2.94. The molecule has 0 bridgehead atoms. The average Bonchev–Trinajstić information content (AvgIpc) is 3.08. The topological polar surface area (TPSA) is 99.3 Å². The third kappa shape index (κ3) is 2.13. The second kappa shape index (κ2) is 4.76. The summed E-state index contributed by atoms with van der Waals surface area (Å²) in [6, 6.07) is 5.57. The molecule has 0 fully saturated rings. The van der Waals surface area contributed by atoms with E-state index in [2.05, 4.69) is 30.7 Å². The van der Waals surface area contributed by atoms with Crippen molar-refractivity contribution in [2.75, 3.05) is 5.32 Å². The van der Waals surface area contributed by atoms with E-state index in [9.17, 15) is 4.79 Å². The molecule has 1 aromatic carbocycles. The van der Waals surface area contributed by atoms with E-state index in [0.717, 1.165) is 10.9 Å². The Labute approximate surface area is 114 Å². The zero-order valence-electron chi connectivity index (χ0n) is 11.1. The summed E-state index contributed by atoms with van der Waals surface area (Å²) in [7, 11) is 0. The van der Waals surface area contributed by atoms with E-state index in [1.807, 2.05) is 26.0 Å². The highest BCUT2D eigenvalue weighted by atomic mass is 16.2. The van der Waals surface area contributed by atoms with E-state index >= 15 is 0 Å². The zero-order valence-corrected chi connectivity index (χ0v) is 11.1. The Hall–Kier alpha value is -2.70. The van der Waals surface area contributed by atoms with Crippen LogP contribution in [0, 0.1) is 0 Å². The minimum atomic E-state index is -0.352. The number of para-hydroxylation sites is 1. The Morgan fingerprint density at radius 1 is 1.30 bits per heavy atom. The molecule has 0 aliphatic carbocycles. The second-order valence-corrected chi connectivity index (χ2v) is 4.79. The van der Waals surface area contributed by atoms with Crippen molar-refractivity contribution in [3.05, 3.63) is 36.0 Å². The van der Waals surface area contributed by atoms with Gasteiger partial charge in [0.1, 0.15) is 5.82 Å². The second-order valence-electron chi connectivity index (χ2n) is 4.79. The van der Waals surface area contributed by atoms with Crippen LogP contribution >= 0.6 is 0 Å². The maximum absolute atomic E-state index is 12.1. The molecule has 7 nitrogen and oxygen atoms in total. The number of H-pyrrole nitrogens is 2. The van der Waals surface area contributed by atoms with E-state index < -0.39 is 0 Å². The number of fused-ring (bicyclic) bond motifs is 1. The molecule has 20 heavy (non-hydrogen) atoms. The number of aromatic amines is 2. The summed E-state index contributed by atoms with van der Waals surface area (Å²) in [5.74, 6) is 0.662. The van der Waals surface area contributed by atoms with E-state index in [4.69, 9.17) is 0 Å². The highest BCUT2D eigenvalue weighted by Crippen LogP contribution is 2.20. The standard InChI is InChI=1S/C13H14N6O/c1-7(2)11-16-12(19-18-11)13(20)15-9-5-3-4-8-6-14-17-10(8)9/h3-7H,1-2H3,(H,14,17)(H,15,20)(H,16,18,19). The molecule has 3 aromatic rings. The molecule has 7 heteroatoms. The van der Waals surface area contributed by atoms with Gasteiger partial charge in [-0.2, -0.15) is 5.10 Å². The number of rotatable bonds is 3. The number of nitrogens with zero attached hydrogens (tertiary/aromatic N) is 3. The van der Waals surface area contributed by atoms with Crippen molar-refractivity contribution >= 4 is 22.5 Å². The quantitative estimate of drug-likeness (QED) is 0.678. The first-order valence-electron chi connectivity index (χ1n) is 6.31. The van der Waals surface area contributed by atoms with E-state index in [1.54, 1.807) is 12.3 Å². The summed E-state index contributed by atoms with van der Waals surface area (Å²) in [5, 5.41) is 17.2. The zero-order chi connectivity index (χ0) is 14.1. The Balaban J connectivity index is 1.86. The lowest BCUT2D eigenvalue weighted by atomic mass is 10.2. The van der Waals surface area contributed by atoms with E-state index in [1.165, 1.54) is 0 Å². The monoisotopic (exact) mass is 270 g/mol. The first kappa shape index (κ1) is 12.3.